The van der Waals surface area contributed by atoms with Gasteiger partial charge >= 0.3 is 5.97 Å². The molecular formula is C13H12N2O5S. The minimum atomic E-state index is -1.10. The number of thiophene rings is 1. The summed E-state index contributed by atoms with van der Waals surface area (Å²) < 4.78 is 4.77. The highest BCUT2D eigenvalue weighted by atomic mass is 32.1. The molecule has 0 aliphatic heterocycles. The zero-order chi connectivity index (χ0) is 15.2. The molecule has 2 heterocycles. The van der Waals surface area contributed by atoms with Crippen LogP contribution in [0.15, 0.2) is 34.5 Å². The molecule has 0 spiro atoms. The van der Waals surface area contributed by atoms with Crippen LogP contribution in [-0.2, 0) is 4.79 Å². The van der Waals surface area contributed by atoms with E-state index in [0.29, 0.717) is 5.56 Å². The van der Waals surface area contributed by atoms with Gasteiger partial charge in [-0.15, -0.1) is 11.3 Å². The maximum atomic E-state index is 11.7. The van der Waals surface area contributed by atoms with Gasteiger partial charge in [0.15, 0.2) is 0 Å². The molecule has 0 saturated heterocycles. The maximum Gasteiger partial charge on any atom is 0.338 e. The van der Waals surface area contributed by atoms with E-state index in [-0.39, 0.29) is 35.3 Å². The van der Waals surface area contributed by atoms with Crippen molar-refractivity contribution in [3.63, 3.8) is 0 Å². The lowest BCUT2D eigenvalue weighted by Crippen LogP contribution is -2.27. The topological polar surface area (TPSA) is 109 Å². The second-order valence-corrected chi connectivity index (χ2v) is 4.95. The van der Waals surface area contributed by atoms with Gasteiger partial charge in [0.2, 0.25) is 5.91 Å². The lowest BCUT2D eigenvalue weighted by atomic mass is 10.3. The van der Waals surface area contributed by atoms with Crippen LogP contribution in [-0.4, -0.2) is 29.4 Å². The first-order chi connectivity index (χ1) is 10.1. The van der Waals surface area contributed by atoms with Gasteiger partial charge in [0.25, 0.3) is 5.91 Å². The monoisotopic (exact) mass is 308 g/mol. The number of hydrogen-bond donors (Lipinski definition) is 3. The van der Waals surface area contributed by atoms with Gasteiger partial charge in [-0.05, 0) is 17.5 Å². The molecule has 0 aliphatic rings. The smallest absolute Gasteiger partial charge is 0.338 e. The molecule has 2 rings (SSSR count). The number of aromatic carboxylic acids is 1. The van der Waals surface area contributed by atoms with E-state index < -0.39 is 5.97 Å². The zero-order valence-electron chi connectivity index (χ0n) is 10.8. The number of carbonyl (C=O) groups is 3. The number of rotatable bonds is 6. The average Bonchev–Trinajstić information content (AvgIpc) is 3.09. The molecule has 2 aromatic rings. The lowest BCUT2D eigenvalue weighted by Gasteiger charge is -2.05. The van der Waals surface area contributed by atoms with E-state index in [1.54, 1.807) is 5.38 Å². The quantitative estimate of drug-likeness (QED) is 0.754. The average molecular weight is 308 g/mol. The Balaban J connectivity index is 1.79. The Kier molecular flexibility index (Phi) is 4.72. The van der Waals surface area contributed by atoms with E-state index in [4.69, 9.17) is 9.52 Å². The van der Waals surface area contributed by atoms with Crippen molar-refractivity contribution in [2.45, 2.75) is 6.42 Å². The predicted octanol–water partition coefficient (Wildman–Crippen LogP) is 1.80. The third-order valence-electron chi connectivity index (χ3n) is 2.57. The Bertz CT molecular complexity index is 647. The van der Waals surface area contributed by atoms with E-state index in [0.717, 1.165) is 11.3 Å². The third-order valence-corrected chi connectivity index (χ3v) is 3.40. The highest BCUT2D eigenvalue weighted by molar-refractivity contribution is 7.14. The van der Waals surface area contributed by atoms with Crippen molar-refractivity contribution in [1.29, 1.82) is 0 Å². The first-order valence-corrected chi connectivity index (χ1v) is 6.87. The van der Waals surface area contributed by atoms with E-state index in [1.807, 2.05) is 0 Å². The highest BCUT2D eigenvalue weighted by Gasteiger charge is 2.14. The van der Waals surface area contributed by atoms with Crippen molar-refractivity contribution in [3.8, 4) is 0 Å². The number of furan rings is 1. The largest absolute Gasteiger partial charge is 0.478 e. The van der Waals surface area contributed by atoms with Crippen LogP contribution < -0.4 is 10.6 Å². The Labute approximate surface area is 123 Å². The van der Waals surface area contributed by atoms with E-state index in [9.17, 15) is 14.4 Å². The molecule has 0 bridgehead atoms. The summed E-state index contributed by atoms with van der Waals surface area (Å²) in [5.74, 6) is -1.80. The van der Waals surface area contributed by atoms with E-state index >= 15 is 0 Å². The van der Waals surface area contributed by atoms with Crippen molar-refractivity contribution >= 4 is 34.1 Å². The molecule has 2 aromatic heterocycles. The molecule has 0 aromatic carbocycles. The van der Waals surface area contributed by atoms with Crippen LogP contribution >= 0.6 is 11.3 Å². The second kappa shape index (κ2) is 6.71. The molecule has 8 heteroatoms. The molecule has 2 amide bonds. The normalized spacial score (nSPS) is 10.1. The fourth-order valence-electron chi connectivity index (χ4n) is 1.55. The summed E-state index contributed by atoms with van der Waals surface area (Å²) in [6.45, 7) is 0.142. The number of nitrogens with one attached hydrogen (secondary N) is 2. The third kappa shape index (κ3) is 3.93. The molecule has 7 nitrogen and oxygen atoms in total. The first kappa shape index (κ1) is 14.8. The molecule has 110 valence electrons. The second-order valence-electron chi connectivity index (χ2n) is 4.03. The molecule has 0 atom stereocenters. The lowest BCUT2D eigenvalue weighted by molar-refractivity contribution is -0.116. The van der Waals surface area contributed by atoms with Gasteiger partial charge in [0.05, 0.1) is 17.4 Å². The molecule has 0 unspecified atom stereocenters. The van der Waals surface area contributed by atoms with Crippen molar-refractivity contribution in [3.05, 3.63) is 41.2 Å². The Morgan fingerprint density at radius 3 is 2.76 bits per heavy atom. The van der Waals surface area contributed by atoms with Crippen molar-refractivity contribution < 1.29 is 23.9 Å². The standard InChI is InChI=1S/C13H12N2O5S/c16-10(15-12-9(13(18)19)3-6-21-12)1-4-14-11(17)8-2-5-20-7-8/h2-3,5-7H,1,4H2,(H,14,17)(H,15,16)(H,18,19). The fraction of sp³-hybridized carbons (Fsp3) is 0.154. The molecule has 0 aliphatic carbocycles. The number of anilines is 1. The number of carbonyl (C=O) groups excluding carboxylic acids is 2. The van der Waals surface area contributed by atoms with Crippen LogP contribution in [0.2, 0.25) is 0 Å². The summed E-state index contributed by atoms with van der Waals surface area (Å²) in [7, 11) is 0. The summed E-state index contributed by atoms with van der Waals surface area (Å²) in [5.41, 5.74) is 0.428. The van der Waals surface area contributed by atoms with Crippen molar-refractivity contribution in [2.24, 2.45) is 0 Å². The van der Waals surface area contributed by atoms with Gasteiger partial charge in [0.1, 0.15) is 11.3 Å². The Morgan fingerprint density at radius 2 is 2.10 bits per heavy atom. The fourth-order valence-corrected chi connectivity index (χ4v) is 2.34. The minimum absolute atomic E-state index is 0.0422. The minimum Gasteiger partial charge on any atom is -0.478 e. The van der Waals surface area contributed by atoms with Gasteiger partial charge < -0.3 is 20.2 Å². The van der Waals surface area contributed by atoms with Crippen LogP contribution in [0.25, 0.3) is 0 Å². The predicted molar refractivity (Wildman–Crippen MR) is 75.6 cm³/mol. The Morgan fingerprint density at radius 1 is 1.29 bits per heavy atom. The van der Waals surface area contributed by atoms with Gasteiger partial charge in [-0.2, -0.15) is 0 Å². The number of hydrogen-bond acceptors (Lipinski definition) is 5. The maximum absolute atomic E-state index is 11.7. The van der Waals surface area contributed by atoms with E-state index in [1.165, 1.54) is 24.7 Å². The molecule has 21 heavy (non-hydrogen) atoms. The van der Waals surface area contributed by atoms with Gasteiger partial charge in [-0.25, -0.2) is 4.79 Å². The number of carboxylic acid groups (broad SMARTS) is 1. The summed E-state index contributed by atoms with van der Waals surface area (Å²) in [6.07, 6.45) is 2.73. The molecule has 0 radical (unpaired) electrons. The SMILES string of the molecule is O=C(CCNC(=O)c1ccoc1)Nc1sccc1C(=O)O. The first-order valence-electron chi connectivity index (χ1n) is 5.99. The number of carboxylic acids is 1. The summed E-state index contributed by atoms with van der Waals surface area (Å²) in [5, 5.41) is 15.8. The van der Waals surface area contributed by atoms with Crippen molar-refractivity contribution in [1.82, 2.24) is 5.32 Å². The molecule has 0 saturated carbocycles. The van der Waals surface area contributed by atoms with Crippen molar-refractivity contribution in [2.75, 3.05) is 11.9 Å². The van der Waals surface area contributed by atoms with Gasteiger partial charge in [-0.1, -0.05) is 0 Å². The summed E-state index contributed by atoms with van der Waals surface area (Å²) in [4.78, 5) is 34.1. The van der Waals surface area contributed by atoms with Gasteiger partial charge in [-0.3, -0.25) is 9.59 Å². The van der Waals surface area contributed by atoms with Crippen LogP contribution in [0.4, 0.5) is 5.00 Å². The molecule has 0 fully saturated rings. The summed E-state index contributed by atoms with van der Waals surface area (Å²) in [6, 6.07) is 2.93. The number of amides is 2. The zero-order valence-corrected chi connectivity index (χ0v) is 11.6. The van der Waals surface area contributed by atoms with Gasteiger partial charge in [0, 0.05) is 13.0 Å². The van der Waals surface area contributed by atoms with Crippen LogP contribution in [0, 0.1) is 0 Å². The van der Waals surface area contributed by atoms with Crippen LogP contribution in [0.3, 0.4) is 0 Å². The molecule has 3 N–H and O–H groups in total. The summed E-state index contributed by atoms with van der Waals surface area (Å²) >= 11 is 1.13. The molecular weight excluding hydrogens is 296 g/mol. The van der Waals surface area contributed by atoms with Crippen LogP contribution in [0.1, 0.15) is 27.1 Å². The van der Waals surface area contributed by atoms with E-state index in [2.05, 4.69) is 10.6 Å². The highest BCUT2D eigenvalue weighted by Crippen LogP contribution is 2.23. The van der Waals surface area contributed by atoms with Crippen LogP contribution in [0.5, 0.6) is 0 Å². The Hall–Kier alpha value is -2.61.